The number of hydrogen-bond acceptors (Lipinski definition) is 5. The molecule has 3 rings (SSSR count). The molecule has 1 saturated heterocycles. The van der Waals surface area contributed by atoms with E-state index in [0.717, 1.165) is 49.4 Å². The minimum atomic E-state index is -0.256. The van der Waals surface area contributed by atoms with Gasteiger partial charge in [0, 0.05) is 18.7 Å². The van der Waals surface area contributed by atoms with E-state index in [1.54, 1.807) is 18.2 Å². The normalized spacial score (nSPS) is 16.2. The van der Waals surface area contributed by atoms with Crippen molar-refractivity contribution in [1.82, 2.24) is 8.75 Å². The van der Waals surface area contributed by atoms with Gasteiger partial charge in [-0.25, -0.2) is 4.39 Å². The molecule has 1 fully saturated rings. The molecule has 1 aromatic heterocycles. The molecule has 21 heavy (non-hydrogen) atoms. The first kappa shape index (κ1) is 14.3. The van der Waals surface area contributed by atoms with Gasteiger partial charge in [0.1, 0.15) is 12.4 Å². The minimum Gasteiger partial charge on any atom is -0.469 e. The van der Waals surface area contributed by atoms with Crippen LogP contribution in [0.25, 0.3) is 0 Å². The van der Waals surface area contributed by atoms with Crippen molar-refractivity contribution >= 4 is 17.5 Å². The molecule has 0 spiro atoms. The van der Waals surface area contributed by atoms with E-state index in [-0.39, 0.29) is 12.4 Å². The largest absolute Gasteiger partial charge is 0.469 e. The number of aromatic nitrogens is 2. The van der Waals surface area contributed by atoms with E-state index < -0.39 is 0 Å². The Balaban J connectivity index is 1.67. The Hall–Kier alpha value is -1.69. The van der Waals surface area contributed by atoms with Crippen LogP contribution < -0.4 is 9.64 Å². The Kier molecular flexibility index (Phi) is 4.34. The van der Waals surface area contributed by atoms with Crippen molar-refractivity contribution in [3.63, 3.8) is 0 Å². The van der Waals surface area contributed by atoms with Crippen LogP contribution >= 0.6 is 11.7 Å². The number of benzene rings is 1. The lowest BCUT2D eigenvalue weighted by molar-refractivity contribution is 0.290. The molecule has 0 unspecified atom stereocenters. The van der Waals surface area contributed by atoms with Gasteiger partial charge in [-0.1, -0.05) is 25.1 Å². The van der Waals surface area contributed by atoms with E-state index in [4.69, 9.17) is 4.74 Å². The molecular weight excluding hydrogens is 289 g/mol. The summed E-state index contributed by atoms with van der Waals surface area (Å²) in [6.07, 6.45) is 2.31. The summed E-state index contributed by atoms with van der Waals surface area (Å²) in [6.45, 7) is 4.40. The fourth-order valence-corrected chi connectivity index (χ4v) is 2.96. The number of piperidine rings is 1. The summed E-state index contributed by atoms with van der Waals surface area (Å²) < 4.78 is 27.8. The lowest BCUT2D eigenvalue weighted by Gasteiger charge is -2.30. The van der Waals surface area contributed by atoms with Crippen LogP contribution in [0.2, 0.25) is 0 Å². The maximum atomic E-state index is 13.6. The average molecular weight is 307 g/mol. The zero-order valence-corrected chi connectivity index (χ0v) is 12.8. The second kappa shape index (κ2) is 6.39. The van der Waals surface area contributed by atoms with Crippen LogP contribution in [-0.4, -0.2) is 21.8 Å². The van der Waals surface area contributed by atoms with Gasteiger partial charge >= 0.3 is 0 Å². The van der Waals surface area contributed by atoms with Crippen molar-refractivity contribution < 1.29 is 9.13 Å². The molecule has 0 amide bonds. The van der Waals surface area contributed by atoms with Crippen molar-refractivity contribution in [2.45, 2.75) is 26.4 Å². The Morgan fingerprint density at radius 3 is 2.81 bits per heavy atom. The van der Waals surface area contributed by atoms with Crippen LogP contribution in [0.4, 0.5) is 10.2 Å². The molecule has 1 aromatic carbocycles. The van der Waals surface area contributed by atoms with Gasteiger partial charge in [0.2, 0.25) is 5.82 Å². The lowest BCUT2D eigenvalue weighted by atomic mass is 9.99. The summed E-state index contributed by atoms with van der Waals surface area (Å²) in [5, 5.41) is 0. The quantitative estimate of drug-likeness (QED) is 0.866. The maximum absolute atomic E-state index is 13.6. The van der Waals surface area contributed by atoms with Crippen molar-refractivity contribution in [1.29, 1.82) is 0 Å². The third kappa shape index (κ3) is 3.32. The maximum Gasteiger partial charge on any atom is 0.271 e. The third-order valence-electron chi connectivity index (χ3n) is 3.85. The molecular formula is C15H18FN3OS. The van der Waals surface area contributed by atoms with Gasteiger partial charge in [0.05, 0.1) is 11.7 Å². The van der Waals surface area contributed by atoms with Gasteiger partial charge in [-0.15, -0.1) is 4.37 Å². The highest BCUT2D eigenvalue weighted by molar-refractivity contribution is 6.99. The first-order valence-electron chi connectivity index (χ1n) is 7.17. The van der Waals surface area contributed by atoms with Gasteiger partial charge in [0.15, 0.2) is 0 Å². The average Bonchev–Trinajstić information content (AvgIpc) is 2.96. The van der Waals surface area contributed by atoms with E-state index in [1.165, 1.54) is 6.07 Å². The van der Waals surface area contributed by atoms with Crippen LogP contribution in [0.5, 0.6) is 5.88 Å². The Labute approximate surface area is 127 Å². The van der Waals surface area contributed by atoms with Gasteiger partial charge in [0.25, 0.3) is 5.88 Å². The first-order valence-corrected chi connectivity index (χ1v) is 7.91. The van der Waals surface area contributed by atoms with Gasteiger partial charge in [-0.2, -0.15) is 4.37 Å². The van der Waals surface area contributed by atoms with E-state index in [2.05, 4.69) is 20.6 Å². The zero-order valence-electron chi connectivity index (χ0n) is 12.0. The predicted molar refractivity (Wildman–Crippen MR) is 81.3 cm³/mol. The van der Waals surface area contributed by atoms with Crippen LogP contribution in [0.15, 0.2) is 24.3 Å². The smallest absolute Gasteiger partial charge is 0.271 e. The van der Waals surface area contributed by atoms with E-state index in [0.29, 0.717) is 11.4 Å². The minimum absolute atomic E-state index is 0.176. The van der Waals surface area contributed by atoms with Crippen molar-refractivity contribution in [2.75, 3.05) is 18.0 Å². The van der Waals surface area contributed by atoms with Crippen molar-refractivity contribution in [3.05, 3.63) is 35.6 Å². The third-order valence-corrected chi connectivity index (χ3v) is 4.35. The number of anilines is 1. The Morgan fingerprint density at radius 2 is 2.05 bits per heavy atom. The van der Waals surface area contributed by atoms with Gasteiger partial charge in [-0.3, -0.25) is 0 Å². The standard InChI is InChI=1S/C15H18FN3OS/c1-11-6-8-19(9-7-11)14-15(18-21-17-14)20-10-12-4-2-3-5-13(12)16/h2-5,11H,6-10H2,1H3. The molecule has 0 atom stereocenters. The number of nitrogens with zero attached hydrogens (tertiary/aromatic N) is 3. The summed E-state index contributed by atoms with van der Waals surface area (Å²) in [5.74, 6) is 1.81. The molecule has 0 bridgehead atoms. The molecule has 0 aliphatic carbocycles. The van der Waals surface area contributed by atoms with E-state index in [1.807, 2.05) is 0 Å². The predicted octanol–water partition coefficient (Wildman–Crippen LogP) is 3.49. The topological polar surface area (TPSA) is 38.2 Å². The summed E-state index contributed by atoms with van der Waals surface area (Å²) in [4.78, 5) is 2.21. The summed E-state index contributed by atoms with van der Waals surface area (Å²) in [5.41, 5.74) is 0.531. The molecule has 0 saturated carbocycles. The number of ether oxygens (including phenoxy) is 1. The molecule has 1 aliphatic rings. The lowest BCUT2D eigenvalue weighted by Crippen LogP contribution is -2.33. The van der Waals surface area contributed by atoms with Crippen LogP contribution in [0, 0.1) is 11.7 Å². The molecule has 112 valence electrons. The Morgan fingerprint density at radius 1 is 1.29 bits per heavy atom. The van der Waals surface area contributed by atoms with Crippen LogP contribution in [0.1, 0.15) is 25.3 Å². The van der Waals surface area contributed by atoms with Crippen LogP contribution in [0.3, 0.4) is 0 Å². The second-order valence-electron chi connectivity index (χ2n) is 5.44. The van der Waals surface area contributed by atoms with Crippen molar-refractivity contribution in [2.24, 2.45) is 5.92 Å². The molecule has 0 N–H and O–H groups in total. The first-order chi connectivity index (χ1) is 10.2. The molecule has 2 aromatic rings. The summed E-state index contributed by atoms with van der Waals surface area (Å²) >= 11 is 1.14. The van der Waals surface area contributed by atoms with E-state index >= 15 is 0 Å². The molecule has 0 radical (unpaired) electrons. The molecule has 6 heteroatoms. The number of rotatable bonds is 4. The monoisotopic (exact) mass is 307 g/mol. The van der Waals surface area contributed by atoms with E-state index in [9.17, 15) is 4.39 Å². The van der Waals surface area contributed by atoms with Gasteiger partial charge in [-0.05, 0) is 24.8 Å². The fourth-order valence-electron chi connectivity index (χ4n) is 2.44. The van der Waals surface area contributed by atoms with Crippen molar-refractivity contribution in [3.8, 4) is 5.88 Å². The summed E-state index contributed by atoms with van der Waals surface area (Å²) in [7, 11) is 0. The Bertz CT molecular complexity index is 596. The fraction of sp³-hybridized carbons (Fsp3) is 0.467. The SMILES string of the molecule is CC1CCN(c2nsnc2OCc2ccccc2F)CC1. The highest BCUT2D eigenvalue weighted by Crippen LogP contribution is 2.30. The van der Waals surface area contributed by atoms with Gasteiger partial charge < -0.3 is 9.64 Å². The highest BCUT2D eigenvalue weighted by Gasteiger charge is 2.22. The highest BCUT2D eigenvalue weighted by atomic mass is 32.1. The molecule has 1 aliphatic heterocycles. The van der Waals surface area contributed by atoms with Crippen LogP contribution in [-0.2, 0) is 6.61 Å². The molecule has 2 heterocycles. The zero-order chi connectivity index (χ0) is 14.7. The molecule has 4 nitrogen and oxygen atoms in total. The number of halogens is 1. The number of hydrogen-bond donors (Lipinski definition) is 0. The summed E-state index contributed by atoms with van der Waals surface area (Å²) in [6, 6.07) is 6.62. The second-order valence-corrected chi connectivity index (χ2v) is 5.97.